The van der Waals surface area contributed by atoms with Crippen LogP contribution in [0.2, 0.25) is 0 Å². The van der Waals surface area contributed by atoms with E-state index >= 15 is 0 Å². The second-order valence-electron chi connectivity index (χ2n) is 4.95. The molecular formula is C13H12N6. The third kappa shape index (κ3) is 2.05. The number of H-pyrrole nitrogens is 1. The molecule has 4 rings (SSSR count). The Morgan fingerprint density at radius 3 is 3.00 bits per heavy atom. The first-order valence-corrected chi connectivity index (χ1v) is 6.32. The Bertz CT molecular complexity index is 640. The molecule has 6 heteroatoms. The molecule has 6 nitrogen and oxygen atoms in total. The molecule has 2 aromatic rings. The van der Waals surface area contributed by atoms with Crippen molar-refractivity contribution in [1.29, 1.82) is 0 Å². The van der Waals surface area contributed by atoms with Gasteiger partial charge in [-0.15, -0.1) is 10.2 Å². The summed E-state index contributed by atoms with van der Waals surface area (Å²) in [6, 6.07) is 4.04. The molecule has 3 heterocycles. The Balaban J connectivity index is 1.54. The van der Waals surface area contributed by atoms with Gasteiger partial charge in [0.15, 0.2) is 5.82 Å². The fourth-order valence-electron chi connectivity index (χ4n) is 2.29. The number of pyridine rings is 1. The molecule has 0 bridgehead atoms. The summed E-state index contributed by atoms with van der Waals surface area (Å²) in [6.07, 6.45) is 8.00. The van der Waals surface area contributed by atoms with E-state index in [9.17, 15) is 0 Å². The van der Waals surface area contributed by atoms with Crippen LogP contribution in [0.1, 0.15) is 23.5 Å². The molecule has 0 spiro atoms. The lowest BCUT2D eigenvalue weighted by Gasteiger charge is -2.05. The van der Waals surface area contributed by atoms with Crippen LogP contribution in [-0.2, 0) is 6.42 Å². The normalized spacial score (nSPS) is 23.9. The van der Waals surface area contributed by atoms with E-state index in [1.54, 1.807) is 0 Å². The van der Waals surface area contributed by atoms with E-state index in [0.717, 1.165) is 17.0 Å². The van der Waals surface area contributed by atoms with Gasteiger partial charge in [-0.05, 0) is 24.0 Å². The first kappa shape index (κ1) is 10.5. The monoisotopic (exact) mass is 252 g/mol. The lowest BCUT2D eigenvalue weighted by atomic mass is 10.1. The predicted octanol–water partition coefficient (Wildman–Crippen LogP) is 1.25. The summed E-state index contributed by atoms with van der Waals surface area (Å²) in [6.45, 7) is 0. The minimum atomic E-state index is 0.636. The van der Waals surface area contributed by atoms with Gasteiger partial charge in [-0.2, -0.15) is 5.21 Å². The van der Waals surface area contributed by atoms with E-state index < -0.39 is 0 Å². The molecule has 1 fully saturated rings. The van der Waals surface area contributed by atoms with Crippen molar-refractivity contribution in [2.75, 3.05) is 0 Å². The average Bonchev–Trinajstić information content (AvgIpc) is 3.05. The number of nitrogens with zero attached hydrogens (tertiary/aromatic N) is 5. The number of aromatic nitrogens is 5. The fraction of sp³-hybridized carbons (Fsp3) is 0.308. The van der Waals surface area contributed by atoms with E-state index in [1.807, 2.05) is 18.3 Å². The molecule has 2 aromatic heterocycles. The highest BCUT2D eigenvalue weighted by Crippen LogP contribution is 2.42. The summed E-state index contributed by atoms with van der Waals surface area (Å²) in [5.41, 5.74) is 2.98. The molecule has 1 aliphatic heterocycles. The van der Waals surface area contributed by atoms with Crippen molar-refractivity contribution in [3.05, 3.63) is 41.5 Å². The number of allylic oxidation sites excluding steroid dienone is 1. The SMILES string of the molecule is C1=NC(c2ccc(Cc3nn[nH]n3)cn2)=CC2CC12. The summed E-state index contributed by atoms with van der Waals surface area (Å²) in [5.74, 6) is 2.04. The zero-order chi connectivity index (χ0) is 12.7. The Morgan fingerprint density at radius 1 is 1.26 bits per heavy atom. The zero-order valence-corrected chi connectivity index (χ0v) is 10.2. The van der Waals surface area contributed by atoms with Gasteiger partial charge in [-0.25, -0.2) is 0 Å². The van der Waals surface area contributed by atoms with Crippen LogP contribution in [0.5, 0.6) is 0 Å². The maximum atomic E-state index is 4.47. The minimum Gasteiger partial charge on any atom is -0.259 e. The van der Waals surface area contributed by atoms with Gasteiger partial charge in [0.05, 0.1) is 11.4 Å². The average molecular weight is 252 g/mol. The van der Waals surface area contributed by atoms with E-state index in [2.05, 4.69) is 42.9 Å². The van der Waals surface area contributed by atoms with Crippen molar-refractivity contribution in [1.82, 2.24) is 25.6 Å². The van der Waals surface area contributed by atoms with E-state index in [4.69, 9.17) is 0 Å². The first-order valence-electron chi connectivity index (χ1n) is 6.32. The standard InChI is InChI=1S/C13H12N6/c1-2-11(12-5-9-4-10(9)7-15-12)14-6-8(1)3-13-16-18-19-17-13/h1-2,5-7,9-10H,3-4H2,(H,16,17,18,19). The number of aliphatic imine (C=N–C) groups is 1. The number of fused-ring (bicyclic) bond motifs is 1. The van der Waals surface area contributed by atoms with Gasteiger partial charge in [0, 0.05) is 24.8 Å². The predicted molar refractivity (Wildman–Crippen MR) is 69.3 cm³/mol. The highest BCUT2D eigenvalue weighted by atomic mass is 15.5. The third-order valence-electron chi connectivity index (χ3n) is 3.51. The van der Waals surface area contributed by atoms with Crippen molar-refractivity contribution in [3.63, 3.8) is 0 Å². The fourth-order valence-corrected chi connectivity index (χ4v) is 2.29. The molecule has 1 N–H and O–H groups in total. The summed E-state index contributed by atoms with van der Waals surface area (Å²) in [4.78, 5) is 8.93. The summed E-state index contributed by atoms with van der Waals surface area (Å²) < 4.78 is 0. The van der Waals surface area contributed by atoms with Crippen LogP contribution >= 0.6 is 0 Å². The van der Waals surface area contributed by atoms with Gasteiger partial charge >= 0.3 is 0 Å². The topological polar surface area (TPSA) is 79.7 Å². The summed E-state index contributed by atoms with van der Waals surface area (Å²) in [7, 11) is 0. The Labute approximate surface area is 109 Å². The number of aromatic amines is 1. The van der Waals surface area contributed by atoms with Gasteiger partial charge in [0.2, 0.25) is 0 Å². The van der Waals surface area contributed by atoms with Crippen molar-refractivity contribution in [3.8, 4) is 0 Å². The van der Waals surface area contributed by atoms with Gasteiger partial charge in [-0.3, -0.25) is 9.98 Å². The van der Waals surface area contributed by atoms with Crippen LogP contribution in [0.25, 0.3) is 5.70 Å². The summed E-state index contributed by atoms with van der Waals surface area (Å²) in [5, 5.41) is 13.8. The minimum absolute atomic E-state index is 0.636. The number of rotatable bonds is 3. The third-order valence-corrected chi connectivity index (χ3v) is 3.51. The zero-order valence-electron chi connectivity index (χ0n) is 10.2. The van der Waals surface area contributed by atoms with Crippen LogP contribution in [0.3, 0.4) is 0 Å². The Kier molecular flexibility index (Phi) is 2.26. The quantitative estimate of drug-likeness (QED) is 0.891. The molecule has 2 unspecified atom stereocenters. The van der Waals surface area contributed by atoms with E-state index in [0.29, 0.717) is 24.1 Å². The number of hydrogen-bond donors (Lipinski definition) is 1. The van der Waals surface area contributed by atoms with Crippen molar-refractivity contribution in [2.45, 2.75) is 12.8 Å². The van der Waals surface area contributed by atoms with Crippen molar-refractivity contribution < 1.29 is 0 Å². The van der Waals surface area contributed by atoms with Crippen LogP contribution in [0.15, 0.2) is 29.4 Å². The molecule has 2 aliphatic rings. The largest absolute Gasteiger partial charge is 0.259 e. The molecule has 0 saturated heterocycles. The van der Waals surface area contributed by atoms with Crippen LogP contribution in [-0.4, -0.2) is 31.8 Å². The molecule has 94 valence electrons. The molecule has 0 amide bonds. The Morgan fingerprint density at radius 2 is 2.26 bits per heavy atom. The number of tetrazole rings is 1. The second kappa shape index (κ2) is 4.08. The van der Waals surface area contributed by atoms with Crippen LogP contribution in [0.4, 0.5) is 0 Å². The maximum absolute atomic E-state index is 4.47. The molecule has 19 heavy (non-hydrogen) atoms. The van der Waals surface area contributed by atoms with Gasteiger partial charge < -0.3 is 0 Å². The molecule has 0 radical (unpaired) electrons. The van der Waals surface area contributed by atoms with Crippen LogP contribution in [0, 0.1) is 11.8 Å². The molecular weight excluding hydrogens is 240 g/mol. The molecule has 2 atom stereocenters. The van der Waals surface area contributed by atoms with Crippen molar-refractivity contribution in [2.24, 2.45) is 16.8 Å². The summed E-state index contributed by atoms with van der Waals surface area (Å²) >= 11 is 0. The van der Waals surface area contributed by atoms with Gasteiger partial charge in [-0.1, -0.05) is 17.4 Å². The molecule has 0 aromatic carbocycles. The van der Waals surface area contributed by atoms with E-state index in [1.165, 1.54) is 6.42 Å². The number of hydrogen-bond acceptors (Lipinski definition) is 5. The lowest BCUT2D eigenvalue weighted by Crippen LogP contribution is -1.97. The highest BCUT2D eigenvalue weighted by Gasteiger charge is 2.36. The smallest absolute Gasteiger partial charge is 0.178 e. The second-order valence-corrected chi connectivity index (χ2v) is 4.95. The first-order chi connectivity index (χ1) is 9.38. The van der Waals surface area contributed by atoms with Crippen molar-refractivity contribution >= 4 is 11.9 Å². The van der Waals surface area contributed by atoms with Crippen LogP contribution < -0.4 is 0 Å². The van der Waals surface area contributed by atoms with Gasteiger partial charge in [0.1, 0.15) is 0 Å². The molecule has 1 aliphatic carbocycles. The lowest BCUT2D eigenvalue weighted by molar-refractivity contribution is 0.881. The molecule has 1 saturated carbocycles. The number of nitrogens with one attached hydrogen (secondary N) is 1. The van der Waals surface area contributed by atoms with E-state index in [-0.39, 0.29) is 0 Å². The highest BCUT2D eigenvalue weighted by molar-refractivity contribution is 5.79. The maximum Gasteiger partial charge on any atom is 0.178 e. The van der Waals surface area contributed by atoms with Gasteiger partial charge in [0.25, 0.3) is 0 Å². The Hall–Kier alpha value is -2.37.